The second kappa shape index (κ2) is 11.4. The Kier molecular flexibility index (Phi) is 10.7. The third kappa shape index (κ3) is 6.79. The van der Waals surface area contributed by atoms with E-state index in [9.17, 15) is 0 Å². The molecule has 5 nitrogen and oxygen atoms in total. The van der Waals surface area contributed by atoms with Crippen LogP contribution in [0.2, 0.25) is 0 Å². The summed E-state index contributed by atoms with van der Waals surface area (Å²) in [5.74, 6) is 1.78. The van der Waals surface area contributed by atoms with Gasteiger partial charge in [0.05, 0.1) is 0 Å². The molecule has 0 fully saturated rings. The monoisotopic (exact) mass is 403 g/mol. The van der Waals surface area contributed by atoms with Crippen LogP contribution in [0.5, 0.6) is 0 Å². The molecule has 0 atom stereocenters. The minimum absolute atomic E-state index is 0. The Balaban J connectivity index is 0.00000400. The number of anilines is 1. The number of nitrogens with zero attached hydrogens (tertiary/aromatic N) is 3. The van der Waals surface area contributed by atoms with Crippen LogP contribution in [0.15, 0.2) is 36.0 Å². The summed E-state index contributed by atoms with van der Waals surface area (Å²) in [5, 5.41) is 6.36. The summed E-state index contributed by atoms with van der Waals surface area (Å²) in [6.07, 6.45) is 3.70. The molecule has 0 aliphatic carbocycles. The first-order valence-electron chi connectivity index (χ1n) is 7.00. The number of hydrogen-bond acceptors (Lipinski definition) is 3. The van der Waals surface area contributed by atoms with E-state index in [-0.39, 0.29) is 24.0 Å². The van der Waals surface area contributed by atoms with Crippen molar-refractivity contribution >= 4 is 35.8 Å². The van der Waals surface area contributed by atoms with Crippen molar-refractivity contribution in [2.75, 3.05) is 31.6 Å². The molecule has 118 valence electrons. The molecule has 6 heteroatoms. The fraction of sp³-hybridized carbons (Fsp3) is 0.467. The summed E-state index contributed by atoms with van der Waals surface area (Å²) in [6.45, 7) is 11.3. The zero-order valence-corrected chi connectivity index (χ0v) is 15.4. The van der Waals surface area contributed by atoms with E-state index >= 15 is 0 Å². The molecule has 0 spiro atoms. The quantitative estimate of drug-likeness (QED) is 0.318. The zero-order chi connectivity index (χ0) is 14.8. The lowest BCUT2D eigenvalue weighted by molar-refractivity contribution is 0.827. The van der Waals surface area contributed by atoms with Crippen LogP contribution in [0, 0.1) is 0 Å². The molecule has 0 saturated heterocycles. The van der Waals surface area contributed by atoms with Crippen LogP contribution in [0.3, 0.4) is 0 Å². The fourth-order valence-electron chi connectivity index (χ4n) is 1.83. The van der Waals surface area contributed by atoms with Crippen LogP contribution in [0.1, 0.15) is 19.4 Å². The van der Waals surface area contributed by atoms with Crippen molar-refractivity contribution < 1.29 is 0 Å². The predicted molar refractivity (Wildman–Crippen MR) is 102 cm³/mol. The highest BCUT2D eigenvalue weighted by atomic mass is 127. The van der Waals surface area contributed by atoms with Gasteiger partial charge < -0.3 is 15.5 Å². The van der Waals surface area contributed by atoms with Gasteiger partial charge in [-0.3, -0.25) is 4.99 Å². The Morgan fingerprint density at radius 1 is 1.33 bits per heavy atom. The molecule has 1 aromatic heterocycles. The van der Waals surface area contributed by atoms with Crippen molar-refractivity contribution in [2.24, 2.45) is 4.99 Å². The average Bonchev–Trinajstić information content (AvgIpc) is 2.50. The summed E-state index contributed by atoms with van der Waals surface area (Å²) < 4.78 is 0. The molecule has 0 amide bonds. The molecule has 0 saturated carbocycles. The molecule has 0 unspecified atom stereocenters. The van der Waals surface area contributed by atoms with Crippen LogP contribution in [-0.4, -0.2) is 37.6 Å². The number of halogens is 1. The first kappa shape index (κ1) is 19.7. The van der Waals surface area contributed by atoms with E-state index in [1.54, 1.807) is 13.1 Å². The molecule has 1 rings (SSSR count). The van der Waals surface area contributed by atoms with E-state index in [1.807, 2.05) is 6.20 Å². The number of aromatic nitrogens is 1. The smallest absolute Gasteiger partial charge is 0.191 e. The van der Waals surface area contributed by atoms with Gasteiger partial charge in [-0.05, 0) is 25.5 Å². The van der Waals surface area contributed by atoms with Crippen molar-refractivity contribution in [3.63, 3.8) is 0 Å². The summed E-state index contributed by atoms with van der Waals surface area (Å²) in [7, 11) is 1.75. The highest BCUT2D eigenvalue weighted by Crippen LogP contribution is 2.10. The van der Waals surface area contributed by atoms with E-state index < -0.39 is 0 Å². The molecule has 0 aromatic carbocycles. The Labute approximate surface area is 145 Å². The standard InChI is InChI=1S/C15H25N5.HI/c1-5-10-17-15(16-4)19-12-13-8-9-14(18-11-13)20(6-2)7-3;/h5,8-9,11H,1,6-7,10,12H2,2-4H3,(H2,16,17,19);1H. The molecule has 0 bridgehead atoms. The Morgan fingerprint density at radius 2 is 2.05 bits per heavy atom. The van der Waals surface area contributed by atoms with Crippen LogP contribution < -0.4 is 15.5 Å². The largest absolute Gasteiger partial charge is 0.357 e. The van der Waals surface area contributed by atoms with Gasteiger partial charge in [0.15, 0.2) is 5.96 Å². The normalized spacial score (nSPS) is 10.5. The van der Waals surface area contributed by atoms with Gasteiger partial charge in [0.1, 0.15) is 5.82 Å². The van der Waals surface area contributed by atoms with Gasteiger partial charge >= 0.3 is 0 Å². The fourth-order valence-corrected chi connectivity index (χ4v) is 1.83. The van der Waals surface area contributed by atoms with Gasteiger partial charge in [0, 0.05) is 39.4 Å². The first-order chi connectivity index (χ1) is 9.74. The van der Waals surface area contributed by atoms with E-state index in [0.717, 1.165) is 30.4 Å². The summed E-state index contributed by atoms with van der Waals surface area (Å²) in [4.78, 5) is 10.9. The average molecular weight is 403 g/mol. The van der Waals surface area contributed by atoms with Gasteiger partial charge in [0.2, 0.25) is 0 Å². The van der Waals surface area contributed by atoms with Crippen LogP contribution in [0.25, 0.3) is 0 Å². The minimum atomic E-state index is 0. The van der Waals surface area contributed by atoms with Crippen LogP contribution in [0.4, 0.5) is 5.82 Å². The van der Waals surface area contributed by atoms with Gasteiger partial charge in [-0.2, -0.15) is 0 Å². The van der Waals surface area contributed by atoms with Crippen LogP contribution in [-0.2, 0) is 6.54 Å². The van der Waals surface area contributed by atoms with Gasteiger partial charge in [-0.1, -0.05) is 12.1 Å². The van der Waals surface area contributed by atoms with E-state index in [1.165, 1.54) is 0 Å². The lowest BCUT2D eigenvalue weighted by Gasteiger charge is -2.19. The maximum absolute atomic E-state index is 4.50. The van der Waals surface area contributed by atoms with E-state index in [4.69, 9.17) is 0 Å². The molecular formula is C15H26IN5. The second-order valence-corrected chi connectivity index (χ2v) is 4.29. The molecule has 0 aliphatic rings. The first-order valence-corrected chi connectivity index (χ1v) is 7.00. The molecule has 2 N–H and O–H groups in total. The summed E-state index contributed by atoms with van der Waals surface area (Å²) in [5.41, 5.74) is 1.13. The van der Waals surface area contributed by atoms with Gasteiger partial charge in [-0.25, -0.2) is 4.98 Å². The lowest BCUT2D eigenvalue weighted by Crippen LogP contribution is -2.36. The Bertz CT molecular complexity index is 426. The van der Waals surface area contributed by atoms with Gasteiger partial charge in [0.25, 0.3) is 0 Å². The second-order valence-electron chi connectivity index (χ2n) is 4.29. The van der Waals surface area contributed by atoms with E-state index in [0.29, 0.717) is 13.1 Å². The van der Waals surface area contributed by atoms with Crippen molar-refractivity contribution in [3.8, 4) is 0 Å². The Hall–Kier alpha value is -1.31. The number of guanidine groups is 1. The molecule has 0 radical (unpaired) electrons. The predicted octanol–water partition coefficient (Wildman–Crippen LogP) is 2.40. The number of nitrogens with one attached hydrogen (secondary N) is 2. The minimum Gasteiger partial charge on any atom is -0.357 e. The third-order valence-corrected chi connectivity index (χ3v) is 2.99. The van der Waals surface area contributed by atoms with Crippen molar-refractivity contribution in [1.29, 1.82) is 0 Å². The SMILES string of the molecule is C=CCNC(=NC)NCc1ccc(N(CC)CC)nc1.I. The number of aliphatic imine (C=N–C) groups is 1. The van der Waals surface area contributed by atoms with Crippen LogP contribution >= 0.6 is 24.0 Å². The maximum Gasteiger partial charge on any atom is 0.191 e. The highest BCUT2D eigenvalue weighted by molar-refractivity contribution is 14.0. The molecular weight excluding hydrogens is 377 g/mol. The third-order valence-electron chi connectivity index (χ3n) is 2.99. The topological polar surface area (TPSA) is 52.6 Å². The zero-order valence-electron chi connectivity index (χ0n) is 13.1. The molecule has 21 heavy (non-hydrogen) atoms. The molecule has 0 aliphatic heterocycles. The lowest BCUT2D eigenvalue weighted by atomic mass is 10.2. The van der Waals surface area contributed by atoms with E-state index in [2.05, 4.69) is 58.1 Å². The Morgan fingerprint density at radius 3 is 2.52 bits per heavy atom. The maximum atomic E-state index is 4.50. The van der Waals surface area contributed by atoms with Crippen molar-refractivity contribution in [3.05, 3.63) is 36.5 Å². The number of pyridine rings is 1. The summed E-state index contributed by atoms with van der Waals surface area (Å²) in [6, 6.07) is 4.15. The molecule has 1 aromatic rings. The highest BCUT2D eigenvalue weighted by Gasteiger charge is 2.03. The number of hydrogen-bond donors (Lipinski definition) is 2. The number of rotatable bonds is 7. The van der Waals surface area contributed by atoms with Gasteiger partial charge in [-0.15, -0.1) is 30.6 Å². The molecule has 1 heterocycles. The summed E-state index contributed by atoms with van der Waals surface area (Å²) >= 11 is 0. The van der Waals surface area contributed by atoms with Crippen molar-refractivity contribution in [2.45, 2.75) is 20.4 Å². The van der Waals surface area contributed by atoms with Crippen molar-refractivity contribution in [1.82, 2.24) is 15.6 Å².